The number of rotatable bonds is 2. The van der Waals surface area contributed by atoms with Crippen molar-refractivity contribution in [1.29, 1.82) is 0 Å². The second-order valence-corrected chi connectivity index (χ2v) is 4.47. The van der Waals surface area contributed by atoms with E-state index in [-0.39, 0.29) is 10.6 Å². The van der Waals surface area contributed by atoms with Crippen LogP contribution in [-0.2, 0) is 0 Å². The Kier molecular flexibility index (Phi) is 2.97. The maximum atomic E-state index is 11.1. The molecule has 0 bridgehead atoms. The van der Waals surface area contributed by atoms with Gasteiger partial charge in [0.15, 0.2) is 0 Å². The van der Waals surface area contributed by atoms with Gasteiger partial charge in [-0.3, -0.25) is 10.1 Å². The monoisotopic (exact) mass is 295 g/mol. The molecular weight excluding hydrogens is 286 g/mol. The van der Waals surface area contributed by atoms with E-state index in [4.69, 9.17) is 0 Å². The molecule has 0 aliphatic rings. The third kappa shape index (κ3) is 1.84. The fourth-order valence-electron chi connectivity index (χ4n) is 1.82. The van der Waals surface area contributed by atoms with E-state index < -0.39 is 0 Å². The molecule has 2 aromatic rings. The Morgan fingerprint density at radius 1 is 1.47 bits per heavy atom. The lowest BCUT2D eigenvalue weighted by molar-refractivity contribution is -0.383. The minimum absolute atomic E-state index is 0.119. The number of hydrogen-bond donors (Lipinski definition) is 1. The van der Waals surface area contributed by atoms with Crippen LogP contribution in [0.5, 0.6) is 0 Å². The number of nitro groups is 1. The van der Waals surface area contributed by atoms with Crippen LogP contribution in [-0.4, -0.2) is 17.0 Å². The van der Waals surface area contributed by atoms with Gasteiger partial charge in [0.1, 0.15) is 5.82 Å². The number of hydrogen-bond acceptors (Lipinski definition) is 4. The van der Waals surface area contributed by atoms with Gasteiger partial charge < -0.3 is 5.32 Å². The largest absolute Gasteiger partial charge is 0.373 e. The summed E-state index contributed by atoms with van der Waals surface area (Å²) in [5, 5.41) is 15.4. The molecule has 0 saturated carbocycles. The van der Waals surface area contributed by atoms with Gasteiger partial charge in [-0.05, 0) is 28.9 Å². The van der Waals surface area contributed by atoms with Crippen LogP contribution in [0.15, 0.2) is 22.8 Å². The normalized spacial score (nSPS) is 10.5. The standard InChI is InChI=1S/C11H10BrN3O2/c1-6-3-4-7-9(10(6)15(16)17)8(12)5-14-11(7)13-2/h3-5H,1-2H3,(H,13,14). The molecule has 0 amide bonds. The molecule has 1 aromatic heterocycles. The predicted molar refractivity (Wildman–Crippen MR) is 70.4 cm³/mol. The van der Waals surface area contributed by atoms with Gasteiger partial charge in [-0.2, -0.15) is 0 Å². The molecule has 1 heterocycles. The zero-order valence-corrected chi connectivity index (χ0v) is 10.9. The van der Waals surface area contributed by atoms with Crippen molar-refractivity contribution in [1.82, 2.24) is 4.98 Å². The van der Waals surface area contributed by atoms with E-state index in [2.05, 4.69) is 26.2 Å². The maximum absolute atomic E-state index is 11.1. The summed E-state index contributed by atoms with van der Waals surface area (Å²) in [6.07, 6.45) is 1.57. The van der Waals surface area contributed by atoms with Crippen LogP contribution in [0.4, 0.5) is 11.5 Å². The van der Waals surface area contributed by atoms with Crippen molar-refractivity contribution < 1.29 is 4.92 Å². The maximum Gasteiger partial charge on any atom is 0.281 e. The molecule has 0 saturated heterocycles. The van der Waals surface area contributed by atoms with Gasteiger partial charge in [0.25, 0.3) is 5.69 Å². The van der Waals surface area contributed by atoms with Crippen molar-refractivity contribution in [3.63, 3.8) is 0 Å². The molecule has 17 heavy (non-hydrogen) atoms. The lowest BCUT2D eigenvalue weighted by atomic mass is 10.1. The number of nitrogens with one attached hydrogen (secondary N) is 1. The lowest BCUT2D eigenvalue weighted by Crippen LogP contribution is -1.98. The fraction of sp³-hybridized carbons (Fsp3) is 0.182. The summed E-state index contributed by atoms with van der Waals surface area (Å²) in [5.74, 6) is 0.631. The van der Waals surface area contributed by atoms with Gasteiger partial charge in [-0.15, -0.1) is 0 Å². The third-order valence-corrected chi connectivity index (χ3v) is 3.20. The number of anilines is 1. The Morgan fingerprint density at radius 2 is 2.18 bits per heavy atom. The van der Waals surface area contributed by atoms with Gasteiger partial charge in [0, 0.05) is 24.2 Å². The van der Waals surface area contributed by atoms with Gasteiger partial charge in [0.05, 0.1) is 14.8 Å². The van der Waals surface area contributed by atoms with Crippen LogP contribution in [0.1, 0.15) is 5.56 Å². The molecule has 0 spiro atoms. The van der Waals surface area contributed by atoms with Crippen LogP contribution in [0.2, 0.25) is 0 Å². The average Bonchev–Trinajstić information content (AvgIpc) is 2.29. The van der Waals surface area contributed by atoms with Crippen LogP contribution in [0.3, 0.4) is 0 Å². The summed E-state index contributed by atoms with van der Waals surface area (Å²) >= 11 is 3.32. The zero-order chi connectivity index (χ0) is 12.6. The molecule has 0 aliphatic heterocycles. The first kappa shape index (κ1) is 11.8. The molecule has 0 fully saturated rings. The minimum Gasteiger partial charge on any atom is -0.373 e. The highest BCUT2D eigenvalue weighted by molar-refractivity contribution is 9.10. The van der Waals surface area contributed by atoms with Crippen molar-refractivity contribution in [2.45, 2.75) is 6.92 Å². The second-order valence-electron chi connectivity index (χ2n) is 3.62. The number of benzene rings is 1. The van der Waals surface area contributed by atoms with Crippen molar-refractivity contribution in [2.24, 2.45) is 0 Å². The molecule has 2 rings (SSSR count). The highest BCUT2D eigenvalue weighted by Gasteiger charge is 2.19. The molecular formula is C11H10BrN3O2. The van der Waals surface area contributed by atoms with Crippen molar-refractivity contribution >= 4 is 38.2 Å². The first-order valence-corrected chi connectivity index (χ1v) is 5.75. The number of halogens is 1. The summed E-state index contributed by atoms with van der Waals surface area (Å²) in [6, 6.07) is 3.57. The second kappa shape index (κ2) is 4.29. The van der Waals surface area contributed by atoms with Gasteiger partial charge in [0.2, 0.25) is 0 Å². The Hall–Kier alpha value is -1.69. The van der Waals surface area contributed by atoms with Crippen molar-refractivity contribution in [3.05, 3.63) is 38.5 Å². The van der Waals surface area contributed by atoms with Crippen LogP contribution in [0.25, 0.3) is 10.8 Å². The first-order valence-electron chi connectivity index (χ1n) is 4.96. The molecule has 1 N–H and O–H groups in total. The molecule has 0 aliphatic carbocycles. The molecule has 5 nitrogen and oxygen atoms in total. The summed E-state index contributed by atoms with van der Waals surface area (Å²) < 4.78 is 0.627. The summed E-state index contributed by atoms with van der Waals surface area (Å²) in [5.41, 5.74) is 0.754. The van der Waals surface area contributed by atoms with Crippen molar-refractivity contribution in [2.75, 3.05) is 12.4 Å². The number of aryl methyl sites for hydroxylation is 1. The molecule has 0 atom stereocenters. The topological polar surface area (TPSA) is 68.1 Å². The van der Waals surface area contributed by atoms with Gasteiger partial charge >= 0.3 is 0 Å². The van der Waals surface area contributed by atoms with E-state index in [0.717, 1.165) is 5.39 Å². The Balaban J connectivity index is 2.98. The quantitative estimate of drug-likeness (QED) is 0.682. The van der Waals surface area contributed by atoms with E-state index in [1.54, 1.807) is 26.2 Å². The molecule has 0 unspecified atom stereocenters. The molecule has 0 radical (unpaired) electrons. The summed E-state index contributed by atoms with van der Waals surface area (Å²) in [7, 11) is 1.74. The number of nitro benzene ring substituents is 1. The van der Waals surface area contributed by atoms with E-state index in [1.807, 2.05) is 6.07 Å². The SMILES string of the molecule is CNc1ncc(Br)c2c([N+](=O)[O-])c(C)ccc12. The molecule has 1 aromatic carbocycles. The van der Waals surface area contributed by atoms with E-state index in [1.165, 1.54) is 0 Å². The first-order chi connectivity index (χ1) is 8.06. The molecule has 6 heteroatoms. The Bertz CT molecular complexity index is 613. The highest BCUT2D eigenvalue weighted by Crippen LogP contribution is 2.36. The smallest absolute Gasteiger partial charge is 0.281 e. The van der Waals surface area contributed by atoms with E-state index >= 15 is 0 Å². The van der Waals surface area contributed by atoms with Crippen molar-refractivity contribution in [3.8, 4) is 0 Å². The molecule has 88 valence electrons. The van der Waals surface area contributed by atoms with E-state index in [0.29, 0.717) is 21.2 Å². The fourth-order valence-corrected chi connectivity index (χ4v) is 2.33. The zero-order valence-electron chi connectivity index (χ0n) is 9.32. The summed E-state index contributed by atoms with van der Waals surface area (Å²) in [6.45, 7) is 1.73. The number of aromatic nitrogens is 1. The minimum atomic E-state index is -0.359. The van der Waals surface area contributed by atoms with Crippen LogP contribution >= 0.6 is 15.9 Å². The number of nitrogens with zero attached hydrogens (tertiary/aromatic N) is 2. The van der Waals surface area contributed by atoms with Gasteiger partial charge in [-0.1, -0.05) is 6.07 Å². The number of fused-ring (bicyclic) bond motifs is 1. The lowest BCUT2D eigenvalue weighted by Gasteiger charge is -2.08. The summed E-state index contributed by atoms with van der Waals surface area (Å²) in [4.78, 5) is 14.9. The van der Waals surface area contributed by atoms with Crippen LogP contribution in [0, 0.1) is 17.0 Å². The van der Waals surface area contributed by atoms with E-state index in [9.17, 15) is 10.1 Å². The predicted octanol–water partition coefficient (Wildman–Crippen LogP) is 3.26. The highest BCUT2D eigenvalue weighted by atomic mass is 79.9. The Morgan fingerprint density at radius 3 is 2.76 bits per heavy atom. The number of pyridine rings is 1. The third-order valence-electron chi connectivity index (χ3n) is 2.60. The average molecular weight is 296 g/mol. The Labute approximate surface area is 106 Å². The van der Waals surface area contributed by atoms with Crippen LogP contribution < -0.4 is 5.32 Å². The van der Waals surface area contributed by atoms with Gasteiger partial charge in [-0.25, -0.2) is 4.98 Å².